The zero-order valence-corrected chi connectivity index (χ0v) is 10.2. The van der Waals surface area contributed by atoms with Crippen molar-refractivity contribution in [2.24, 2.45) is 0 Å². The van der Waals surface area contributed by atoms with Crippen LogP contribution in [0, 0.1) is 0 Å². The fraction of sp³-hybridized carbons (Fsp3) is 0.500. The van der Waals surface area contributed by atoms with Crippen molar-refractivity contribution < 1.29 is 4.74 Å². The van der Waals surface area contributed by atoms with E-state index in [0.29, 0.717) is 6.04 Å². The average Bonchev–Trinajstić information content (AvgIpc) is 2.30. The number of nitrogens with one attached hydrogen (secondary N) is 2. The number of hydrogen-bond acceptors (Lipinski definition) is 3. The van der Waals surface area contributed by atoms with E-state index >= 15 is 0 Å². The SMILES string of the molecule is COCCCC1CNc2c(Cl)cccc2N1. The minimum Gasteiger partial charge on any atom is -0.385 e. The number of rotatable bonds is 4. The third-order valence-electron chi connectivity index (χ3n) is 2.80. The van der Waals surface area contributed by atoms with Crippen molar-refractivity contribution in [3.63, 3.8) is 0 Å². The maximum Gasteiger partial charge on any atom is 0.0766 e. The molecule has 1 heterocycles. The molecule has 0 radical (unpaired) electrons. The molecule has 0 fully saturated rings. The predicted octanol–water partition coefficient (Wildman–Crippen LogP) is 2.97. The van der Waals surface area contributed by atoms with Gasteiger partial charge in [0.25, 0.3) is 0 Å². The maximum atomic E-state index is 6.09. The van der Waals surface area contributed by atoms with Gasteiger partial charge in [-0.2, -0.15) is 0 Å². The zero-order valence-electron chi connectivity index (χ0n) is 9.42. The standard InChI is InChI=1S/C12H17ClN2O/c1-16-7-3-4-9-8-14-12-10(13)5-2-6-11(12)15-9/h2,5-6,9,14-15H,3-4,7-8H2,1H3. The number of benzene rings is 1. The van der Waals surface area contributed by atoms with E-state index in [1.54, 1.807) is 7.11 Å². The summed E-state index contributed by atoms with van der Waals surface area (Å²) >= 11 is 6.09. The van der Waals surface area contributed by atoms with E-state index in [1.165, 1.54) is 0 Å². The van der Waals surface area contributed by atoms with E-state index in [9.17, 15) is 0 Å². The van der Waals surface area contributed by atoms with Gasteiger partial charge in [0.2, 0.25) is 0 Å². The highest BCUT2D eigenvalue weighted by atomic mass is 35.5. The molecular formula is C12H17ClN2O. The van der Waals surface area contributed by atoms with Crippen molar-refractivity contribution in [3.05, 3.63) is 23.2 Å². The van der Waals surface area contributed by atoms with E-state index in [2.05, 4.69) is 16.7 Å². The third-order valence-corrected chi connectivity index (χ3v) is 3.11. The van der Waals surface area contributed by atoms with Crippen LogP contribution in [0.2, 0.25) is 5.02 Å². The van der Waals surface area contributed by atoms with Crippen molar-refractivity contribution in [2.75, 3.05) is 30.9 Å². The number of ether oxygens (including phenoxy) is 1. The van der Waals surface area contributed by atoms with Gasteiger partial charge in [0.15, 0.2) is 0 Å². The topological polar surface area (TPSA) is 33.3 Å². The maximum absolute atomic E-state index is 6.09. The van der Waals surface area contributed by atoms with Crippen molar-refractivity contribution in [1.29, 1.82) is 0 Å². The summed E-state index contributed by atoms with van der Waals surface area (Å²) in [5, 5.41) is 7.64. The van der Waals surface area contributed by atoms with Gasteiger partial charge >= 0.3 is 0 Å². The lowest BCUT2D eigenvalue weighted by molar-refractivity contribution is 0.191. The Kier molecular flexibility index (Phi) is 3.91. The van der Waals surface area contributed by atoms with Crippen LogP contribution in [0.3, 0.4) is 0 Å². The molecular weight excluding hydrogens is 224 g/mol. The van der Waals surface area contributed by atoms with Crippen LogP contribution >= 0.6 is 11.6 Å². The second-order valence-electron chi connectivity index (χ2n) is 4.02. The van der Waals surface area contributed by atoms with E-state index in [-0.39, 0.29) is 0 Å². The lowest BCUT2D eigenvalue weighted by Crippen LogP contribution is -2.33. The molecule has 1 aromatic carbocycles. The highest BCUT2D eigenvalue weighted by molar-refractivity contribution is 6.34. The molecule has 0 aliphatic carbocycles. The Morgan fingerprint density at radius 2 is 2.38 bits per heavy atom. The van der Waals surface area contributed by atoms with Crippen LogP contribution in [0.15, 0.2) is 18.2 Å². The lowest BCUT2D eigenvalue weighted by atomic mass is 10.1. The van der Waals surface area contributed by atoms with E-state index in [1.807, 2.05) is 12.1 Å². The van der Waals surface area contributed by atoms with Crippen LogP contribution in [0.4, 0.5) is 11.4 Å². The molecule has 88 valence electrons. The first-order valence-electron chi connectivity index (χ1n) is 5.59. The van der Waals surface area contributed by atoms with Gasteiger partial charge in [-0.05, 0) is 25.0 Å². The van der Waals surface area contributed by atoms with Gasteiger partial charge in [0.05, 0.1) is 16.4 Å². The van der Waals surface area contributed by atoms with Gasteiger partial charge in [-0.25, -0.2) is 0 Å². The van der Waals surface area contributed by atoms with Crippen LogP contribution < -0.4 is 10.6 Å². The molecule has 0 amide bonds. The second kappa shape index (κ2) is 5.41. The Bertz CT molecular complexity index is 357. The molecule has 1 aromatic rings. The van der Waals surface area contributed by atoms with E-state index < -0.39 is 0 Å². The molecule has 2 rings (SSSR count). The summed E-state index contributed by atoms with van der Waals surface area (Å²) in [7, 11) is 1.74. The molecule has 1 aliphatic heterocycles. The summed E-state index contributed by atoms with van der Waals surface area (Å²) in [6, 6.07) is 6.38. The highest BCUT2D eigenvalue weighted by Gasteiger charge is 2.18. The lowest BCUT2D eigenvalue weighted by Gasteiger charge is -2.29. The van der Waals surface area contributed by atoms with Gasteiger partial charge in [0, 0.05) is 26.3 Å². The average molecular weight is 241 g/mol. The molecule has 0 spiro atoms. The van der Waals surface area contributed by atoms with Crippen molar-refractivity contribution in [1.82, 2.24) is 0 Å². The minimum absolute atomic E-state index is 0.459. The van der Waals surface area contributed by atoms with Gasteiger partial charge in [-0.1, -0.05) is 17.7 Å². The molecule has 0 saturated heterocycles. The van der Waals surface area contributed by atoms with Crippen LogP contribution in [-0.4, -0.2) is 26.3 Å². The highest BCUT2D eigenvalue weighted by Crippen LogP contribution is 2.33. The Balaban J connectivity index is 1.96. The summed E-state index contributed by atoms with van der Waals surface area (Å²) < 4.78 is 5.05. The molecule has 0 saturated carbocycles. The molecule has 1 unspecified atom stereocenters. The molecule has 0 bridgehead atoms. The normalized spacial score (nSPS) is 18.5. The number of halogens is 1. The second-order valence-corrected chi connectivity index (χ2v) is 4.43. The number of fused-ring (bicyclic) bond motifs is 1. The molecule has 1 atom stereocenters. The third kappa shape index (κ3) is 2.60. The summed E-state index contributed by atoms with van der Waals surface area (Å²) in [5.74, 6) is 0. The Morgan fingerprint density at radius 1 is 1.50 bits per heavy atom. The fourth-order valence-corrected chi connectivity index (χ4v) is 2.21. The van der Waals surface area contributed by atoms with Crippen molar-refractivity contribution >= 4 is 23.0 Å². The molecule has 4 heteroatoms. The molecule has 1 aliphatic rings. The fourth-order valence-electron chi connectivity index (χ4n) is 1.97. The Morgan fingerprint density at radius 3 is 3.19 bits per heavy atom. The minimum atomic E-state index is 0.459. The Labute approximate surface area is 101 Å². The molecule has 3 nitrogen and oxygen atoms in total. The summed E-state index contributed by atoms with van der Waals surface area (Å²) in [5.41, 5.74) is 2.12. The summed E-state index contributed by atoms with van der Waals surface area (Å²) in [4.78, 5) is 0. The van der Waals surface area contributed by atoms with Gasteiger partial charge < -0.3 is 15.4 Å². The number of methoxy groups -OCH3 is 1. The number of para-hydroxylation sites is 1. The first-order valence-corrected chi connectivity index (χ1v) is 5.97. The van der Waals surface area contributed by atoms with Crippen LogP contribution in [0.25, 0.3) is 0 Å². The molecule has 16 heavy (non-hydrogen) atoms. The van der Waals surface area contributed by atoms with Crippen LogP contribution in [0.5, 0.6) is 0 Å². The zero-order chi connectivity index (χ0) is 11.4. The quantitative estimate of drug-likeness (QED) is 0.794. The predicted molar refractivity (Wildman–Crippen MR) is 68.5 cm³/mol. The summed E-state index contributed by atoms with van der Waals surface area (Å²) in [6.07, 6.45) is 2.18. The Hall–Kier alpha value is -0.930. The first kappa shape index (κ1) is 11.6. The number of anilines is 2. The van der Waals surface area contributed by atoms with E-state index in [4.69, 9.17) is 16.3 Å². The van der Waals surface area contributed by atoms with Crippen LogP contribution in [0.1, 0.15) is 12.8 Å². The first-order chi connectivity index (χ1) is 7.81. The summed E-state index contributed by atoms with van der Waals surface area (Å²) in [6.45, 7) is 1.74. The van der Waals surface area contributed by atoms with Gasteiger partial charge in [-0.3, -0.25) is 0 Å². The van der Waals surface area contributed by atoms with Gasteiger partial charge in [-0.15, -0.1) is 0 Å². The van der Waals surface area contributed by atoms with Gasteiger partial charge in [0.1, 0.15) is 0 Å². The van der Waals surface area contributed by atoms with Crippen LogP contribution in [-0.2, 0) is 4.74 Å². The monoisotopic (exact) mass is 240 g/mol. The number of hydrogen-bond donors (Lipinski definition) is 2. The molecule has 2 N–H and O–H groups in total. The van der Waals surface area contributed by atoms with Crippen molar-refractivity contribution in [2.45, 2.75) is 18.9 Å². The largest absolute Gasteiger partial charge is 0.385 e. The smallest absolute Gasteiger partial charge is 0.0766 e. The molecule has 0 aromatic heterocycles. The van der Waals surface area contributed by atoms with E-state index in [0.717, 1.165) is 42.4 Å². The van der Waals surface area contributed by atoms with Crippen molar-refractivity contribution in [3.8, 4) is 0 Å².